The van der Waals surface area contributed by atoms with Crippen molar-refractivity contribution < 1.29 is 27.0 Å². The second kappa shape index (κ2) is 7.56. The Morgan fingerprint density at radius 2 is 2.10 bits per heavy atom. The van der Waals surface area contributed by atoms with E-state index in [0.717, 1.165) is 11.0 Å². The third kappa shape index (κ3) is 6.72. The van der Waals surface area contributed by atoms with Crippen LogP contribution in [0.25, 0.3) is 0 Å². The zero-order valence-corrected chi connectivity index (χ0v) is 13.6. The molecule has 6 nitrogen and oxygen atoms in total. The van der Waals surface area contributed by atoms with Crippen LogP contribution >= 0.6 is 12.6 Å². The molecule has 21 heavy (non-hydrogen) atoms. The number of aromatic nitrogens is 1. The molecule has 1 heterocycles. The predicted molar refractivity (Wildman–Crippen MR) is 79.7 cm³/mol. The Bertz CT molecular complexity index is 627. The first-order valence-electron chi connectivity index (χ1n) is 6.32. The molecule has 0 aliphatic heterocycles. The van der Waals surface area contributed by atoms with Crippen molar-refractivity contribution in [3.05, 3.63) is 30.1 Å². The van der Waals surface area contributed by atoms with Gasteiger partial charge in [0, 0.05) is 17.2 Å². The molecule has 0 radical (unpaired) electrons. The number of nitrogens with zero attached hydrogens (tertiary/aromatic N) is 1. The average Bonchev–Trinajstić information content (AvgIpc) is 2.36. The van der Waals surface area contributed by atoms with E-state index in [0.29, 0.717) is 18.4 Å². The third-order valence-electron chi connectivity index (χ3n) is 2.67. The van der Waals surface area contributed by atoms with E-state index in [-0.39, 0.29) is 23.2 Å². The zero-order chi connectivity index (χ0) is 16.0. The first kappa shape index (κ1) is 17.6. The fourth-order valence-electron chi connectivity index (χ4n) is 1.63. The van der Waals surface area contributed by atoms with E-state index in [4.69, 9.17) is 0 Å². The molecule has 0 fully saturated rings. The molecule has 0 bridgehead atoms. The molecule has 0 amide bonds. The Kier molecular flexibility index (Phi) is 6.35. The SMILES string of the molecule is CC(=O)C(S)CCCC(=O)c1ccc[n+](OS(C)(=O)=O)c1. The highest BCUT2D eigenvalue weighted by molar-refractivity contribution is 7.86. The van der Waals surface area contributed by atoms with Crippen molar-refractivity contribution >= 4 is 34.3 Å². The summed E-state index contributed by atoms with van der Waals surface area (Å²) in [4.78, 5) is 23.0. The average molecular weight is 332 g/mol. The largest absolute Gasteiger partial charge is 0.364 e. The number of hydrogen-bond acceptors (Lipinski definition) is 6. The predicted octanol–water partition coefficient (Wildman–Crippen LogP) is 0.603. The number of carbonyl (C=O) groups is 2. The summed E-state index contributed by atoms with van der Waals surface area (Å²) in [6, 6.07) is 3.10. The normalized spacial score (nSPS) is 12.7. The van der Waals surface area contributed by atoms with E-state index in [2.05, 4.69) is 16.9 Å². The summed E-state index contributed by atoms with van der Waals surface area (Å²) in [7, 11) is -3.65. The molecule has 0 N–H and O–H groups in total. The summed E-state index contributed by atoms with van der Waals surface area (Å²) < 4.78 is 27.7. The van der Waals surface area contributed by atoms with Crippen molar-refractivity contribution in [2.75, 3.05) is 6.26 Å². The smallest absolute Gasteiger partial charge is 0.299 e. The van der Waals surface area contributed by atoms with Gasteiger partial charge in [-0.2, -0.15) is 21.0 Å². The van der Waals surface area contributed by atoms with E-state index in [1.54, 1.807) is 6.07 Å². The second-order valence-corrected chi connectivity index (χ2v) is 6.85. The fraction of sp³-hybridized carbons (Fsp3) is 0.462. The van der Waals surface area contributed by atoms with Gasteiger partial charge in [0.2, 0.25) is 12.4 Å². The molecule has 116 valence electrons. The maximum absolute atomic E-state index is 12.0. The first-order valence-corrected chi connectivity index (χ1v) is 8.65. The van der Waals surface area contributed by atoms with Gasteiger partial charge < -0.3 is 0 Å². The third-order valence-corrected chi connectivity index (χ3v) is 3.73. The van der Waals surface area contributed by atoms with Crippen molar-refractivity contribution in [2.45, 2.75) is 31.4 Å². The van der Waals surface area contributed by atoms with Gasteiger partial charge in [0.25, 0.3) is 0 Å². The number of rotatable bonds is 8. The van der Waals surface area contributed by atoms with Crippen molar-refractivity contribution in [1.29, 1.82) is 0 Å². The highest BCUT2D eigenvalue weighted by Crippen LogP contribution is 2.11. The van der Waals surface area contributed by atoms with Crippen LogP contribution in [0.5, 0.6) is 0 Å². The second-order valence-electron chi connectivity index (χ2n) is 4.67. The van der Waals surface area contributed by atoms with Crippen LogP contribution in [-0.2, 0) is 14.9 Å². The fourth-order valence-corrected chi connectivity index (χ4v) is 2.21. The summed E-state index contributed by atoms with van der Waals surface area (Å²) in [5.74, 6) is -0.171. The molecular formula is C13H18NO5S2+. The van der Waals surface area contributed by atoms with E-state index in [1.165, 1.54) is 25.4 Å². The van der Waals surface area contributed by atoms with Crippen molar-refractivity contribution in [3.8, 4) is 0 Å². The van der Waals surface area contributed by atoms with Crippen LogP contribution in [0.4, 0.5) is 0 Å². The summed E-state index contributed by atoms with van der Waals surface area (Å²) >= 11 is 4.13. The van der Waals surface area contributed by atoms with Crippen LogP contribution < -0.4 is 9.01 Å². The van der Waals surface area contributed by atoms with Crippen LogP contribution in [0.2, 0.25) is 0 Å². The van der Waals surface area contributed by atoms with E-state index < -0.39 is 10.1 Å². The van der Waals surface area contributed by atoms with Crippen LogP contribution in [0.3, 0.4) is 0 Å². The minimum Gasteiger partial charge on any atom is -0.299 e. The lowest BCUT2D eigenvalue weighted by Gasteiger charge is -2.05. The molecular weight excluding hydrogens is 314 g/mol. The van der Waals surface area contributed by atoms with Gasteiger partial charge in [-0.05, 0) is 25.8 Å². The summed E-state index contributed by atoms with van der Waals surface area (Å²) in [6.45, 7) is 1.46. The summed E-state index contributed by atoms with van der Waals surface area (Å²) in [5, 5.41) is -0.355. The number of hydrogen-bond donors (Lipinski definition) is 1. The van der Waals surface area contributed by atoms with Crippen molar-refractivity contribution in [2.24, 2.45) is 0 Å². The molecule has 1 aromatic rings. The van der Waals surface area contributed by atoms with Crippen LogP contribution in [0, 0.1) is 0 Å². The van der Waals surface area contributed by atoms with Gasteiger partial charge in [-0.3, -0.25) is 9.59 Å². The minimum atomic E-state index is -3.65. The highest BCUT2D eigenvalue weighted by atomic mass is 32.2. The van der Waals surface area contributed by atoms with E-state index >= 15 is 0 Å². The number of thiol groups is 1. The van der Waals surface area contributed by atoms with E-state index in [9.17, 15) is 18.0 Å². The quantitative estimate of drug-likeness (QED) is 0.428. The maximum Gasteiger partial charge on any atom is 0.364 e. The monoisotopic (exact) mass is 332 g/mol. The zero-order valence-electron chi connectivity index (χ0n) is 11.9. The van der Waals surface area contributed by atoms with Gasteiger partial charge in [-0.25, -0.2) is 0 Å². The van der Waals surface area contributed by atoms with Gasteiger partial charge in [0.1, 0.15) is 5.78 Å². The molecule has 0 saturated carbocycles. The van der Waals surface area contributed by atoms with Gasteiger partial charge in [-0.15, -0.1) is 4.28 Å². The molecule has 0 spiro atoms. The molecule has 1 atom stereocenters. The minimum absolute atomic E-state index is 0.0233. The standard InChI is InChI=1S/C13H17NO5S2/c1-10(15)13(20)7-3-6-12(16)11-5-4-8-14(9-11)19-21(2,17)18/h4-5,8-9,13H,3,6-7H2,1-2H3/p+1. The Labute approximate surface area is 129 Å². The molecule has 1 rings (SSSR count). The molecule has 1 unspecified atom stereocenters. The van der Waals surface area contributed by atoms with Gasteiger partial charge in [0.05, 0.1) is 17.1 Å². The summed E-state index contributed by atoms with van der Waals surface area (Å²) in [5.41, 5.74) is 0.347. The molecule has 0 aliphatic rings. The number of pyridine rings is 1. The summed E-state index contributed by atoms with van der Waals surface area (Å²) in [6.07, 6.45) is 4.94. The van der Waals surface area contributed by atoms with Gasteiger partial charge >= 0.3 is 10.1 Å². The Balaban J connectivity index is 2.62. The first-order chi connectivity index (χ1) is 9.69. The Hall–Kier alpha value is -1.41. The lowest BCUT2D eigenvalue weighted by atomic mass is 10.1. The number of ketones is 2. The highest BCUT2D eigenvalue weighted by Gasteiger charge is 2.16. The van der Waals surface area contributed by atoms with Crippen LogP contribution in [-0.4, -0.2) is 31.5 Å². The Morgan fingerprint density at radius 3 is 2.67 bits per heavy atom. The molecule has 8 heteroatoms. The maximum atomic E-state index is 12.0. The lowest BCUT2D eigenvalue weighted by Crippen LogP contribution is -2.45. The van der Waals surface area contributed by atoms with Crippen molar-refractivity contribution in [1.82, 2.24) is 0 Å². The molecule has 0 aromatic carbocycles. The Morgan fingerprint density at radius 1 is 1.43 bits per heavy atom. The lowest BCUT2D eigenvalue weighted by molar-refractivity contribution is -0.856. The number of Topliss-reactive ketones (excluding diaryl/α,β-unsaturated/α-hetero) is 2. The number of carbonyl (C=O) groups excluding carboxylic acids is 2. The van der Waals surface area contributed by atoms with Crippen molar-refractivity contribution in [3.63, 3.8) is 0 Å². The van der Waals surface area contributed by atoms with Gasteiger partial charge in [0.15, 0.2) is 5.78 Å². The topological polar surface area (TPSA) is 81.4 Å². The van der Waals surface area contributed by atoms with Crippen LogP contribution in [0.15, 0.2) is 24.5 Å². The van der Waals surface area contributed by atoms with E-state index in [1.807, 2.05) is 0 Å². The molecule has 0 saturated heterocycles. The molecule has 1 aromatic heterocycles. The van der Waals surface area contributed by atoms with Crippen LogP contribution in [0.1, 0.15) is 36.5 Å². The van der Waals surface area contributed by atoms with Gasteiger partial charge in [-0.1, -0.05) is 0 Å². The molecule has 0 aliphatic carbocycles.